The number of para-hydroxylation sites is 2. The molecule has 0 aliphatic carbocycles. The number of hydrogen-bond donors (Lipinski definition) is 5. The van der Waals surface area contributed by atoms with Gasteiger partial charge in [-0.05, 0) is 61.6 Å². The van der Waals surface area contributed by atoms with Crippen LogP contribution >= 0.6 is 43.2 Å². The van der Waals surface area contributed by atoms with Crippen LogP contribution in [0.15, 0.2) is 48.5 Å². The third-order valence-electron chi connectivity index (χ3n) is 12.7. The van der Waals surface area contributed by atoms with Gasteiger partial charge < -0.3 is 35.8 Å². The first-order valence-corrected chi connectivity index (χ1v) is 20.3. The predicted octanol–water partition coefficient (Wildman–Crippen LogP) is 0.939. The van der Waals surface area contributed by atoms with Crippen molar-refractivity contribution >= 4 is 78.2 Å². The molecule has 8 saturated heterocycles. The highest BCUT2D eigenvalue weighted by molar-refractivity contribution is 8.78. The van der Waals surface area contributed by atoms with Gasteiger partial charge in [-0.15, -0.1) is 0 Å². The maximum Gasteiger partial charge on any atom is 0.265 e. The number of carbonyl (C=O) groups is 4. The maximum absolute atomic E-state index is 15.1. The topological polar surface area (TPSA) is 166 Å². The van der Waals surface area contributed by atoms with Crippen LogP contribution in [0.4, 0.5) is 11.4 Å². The fourth-order valence-corrected chi connectivity index (χ4v) is 18.4. The number of likely N-dealkylation sites (N-methyl/N-ethyl adjacent to an activating group) is 2. The van der Waals surface area contributed by atoms with Crippen LogP contribution in [-0.4, -0.2) is 123 Å². The maximum atomic E-state index is 15.1. The summed E-state index contributed by atoms with van der Waals surface area (Å²) in [5.41, 5.74) is -1.13. The predicted molar refractivity (Wildman–Crippen MR) is 186 cm³/mol. The van der Waals surface area contributed by atoms with Gasteiger partial charge in [0.2, 0.25) is 14.6 Å². The second kappa shape index (κ2) is 8.97. The van der Waals surface area contributed by atoms with Gasteiger partial charge in [-0.25, -0.2) is 0 Å². The zero-order valence-electron chi connectivity index (χ0n) is 26.6. The molecule has 17 heteroatoms. The number of hydrogen-bond acceptors (Lipinski definition) is 13. The molecule has 10 heterocycles. The third kappa shape index (κ3) is 2.63. The molecule has 2 aromatic carbocycles. The number of carbonyl (C=O) groups excluding carboxylic acids is 4. The molecule has 8 fully saturated rings. The van der Waals surface area contributed by atoms with Crippen molar-refractivity contribution in [1.29, 1.82) is 0 Å². The molecule has 10 aliphatic heterocycles. The molecule has 256 valence electrons. The van der Waals surface area contributed by atoms with Crippen molar-refractivity contribution in [3.63, 3.8) is 0 Å². The Morgan fingerprint density at radius 3 is 1.67 bits per heavy atom. The molecule has 10 atom stereocenters. The molecule has 5 N–H and O–H groups in total. The minimum absolute atomic E-state index is 0.297. The first-order chi connectivity index (χ1) is 23.3. The minimum atomic E-state index is -1.87. The van der Waals surface area contributed by atoms with Gasteiger partial charge in [0.1, 0.15) is 24.5 Å². The lowest BCUT2D eigenvalue weighted by atomic mass is 9.52. The molecule has 0 unspecified atom stereocenters. The first kappa shape index (κ1) is 31.0. The standard InChI is InChI=1S/C32H32N6O7S4/c1-14(2)30-26(45)38-22-29(16-10-6-8-12-18(16)34-22,20(41)32(38,49-47-30)25(44)36(30)4)28-15-9-5-7-11-17(15)33-21(28)37-23(42)27(13-39)35(3)24(43)31(37,19(28)40)48-46-27/h5-12,14,19-22,33-34,39-41H,13H2,1-4H3/t19-,20-,21-,22+,27+,28-,29+,30-,31+,32-/m0/s1. The van der Waals surface area contributed by atoms with E-state index in [0.29, 0.717) is 22.5 Å². The molecular formula is C32H32N6O7S4. The SMILES string of the molecule is CC(C)[C@@]12SS[C@]3(C(=O)N1C)[C@@H](O)[C@]1([C@]45c6ccccc6N[C@H]4N4C(=O)[C@@]6(CO)SS[C@@]4(C(=O)N6C)[C@H]5O)c4ccccc4N[C@@H]1N3C2=O. The molecule has 13 nitrogen and oxygen atoms in total. The van der Waals surface area contributed by atoms with Gasteiger partial charge >= 0.3 is 0 Å². The van der Waals surface area contributed by atoms with Crippen molar-refractivity contribution in [3.05, 3.63) is 59.7 Å². The molecule has 2 spiro atoms. The highest BCUT2D eigenvalue weighted by Crippen LogP contribution is 2.78. The number of aliphatic hydroxyl groups is 3. The van der Waals surface area contributed by atoms with Crippen LogP contribution in [0, 0.1) is 5.92 Å². The first-order valence-electron chi connectivity index (χ1n) is 16.0. The van der Waals surface area contributed by atoms with Crippen molar-refractivity contribution in [2.45, 2.75) is 68.7 Å². The van der Waals surface area contributed by atoms with E-state index in [1.165, 1.54) is 48.2 Å². The van der Waals surface area contributed by atoms with Crippen LogP contribution in [0.25, 0.3) is 0 Å². The number of nitrogens with zero attached hydrogens (tertiary/aromatic N) is 4. The third-order valence-corrected chi connectivity index (χ3v) is 20.2. The summed E-state index contributed by atoms with van der Waals surface area (Å²) in [5.74, 6) is -2.18. The molecule has 12 rings (SSSR count). The molecule has 4 bridgehead atoms. The number of anilines is 2. The van der Waals surface area contributed by atoms with E-state index in [0.717, 1.165) is 21.6 Å². The zero-order chi connectivity index (χ0) is 34.4. The summed E-state index contributed by atoms with van der Waals surface area (Å²) in [4.78, 5) is 58.4. The van der Waals surface area contributed by atoms with Crippen molar-refractivity contribution in [1.82, 2.24) is 19.6 Å². The molecular weight excluding hydrogens is 709 g/mol. The van der Waals surface area contributed by atoms with Crippen molar-refractivity contribution in [3.8, 4) is 0 Å². The molecule has 0 radical (unpaired) electrons. The van der Waals surface area contributed by atoms with Gasteiger partial charge in [-0.1, -0.05) is 61.0 Å². The van der Waals surface area contributed by atoms with Gasteiger partial charge in [0.05, 0.1) is 17.4 Å². The number of fused-ring (bicyclic) bond motifs is 11. The van der Waals surface area contributed by atoms with Gasteiger partial charge in [0.25, 0.3) is 23.6 Å². The highest BCUT2D eigenvalue weighted by atomic mass is 33.1. The second-order valence-electron chi connectivity index (χ2n) is 14.3. The Balaban J connectivity index is 1.34. The average Bonchev–Trinajstić information content (AvgIpc) is 3.75. The lowest BCUT2D eigenvalue weighted by molar-refractivity contribution is -0.169. The van der Waals surface area contributed by atoms with Crippen molar-refractivity contribution in [2.75, 3.05) is 31.3 Å². The fraction of sp³-hybridized carbons (Fsp3) is 0.500. The van der Waals surface area contributed by atoms with Crippen LogP contribution in [0.1, 0.15) is 25.0 Å². The molecule has 4 amide bonds. The average molecular weight is 741 g/mol. The lowest BCUT2D eigenvalue weighted by Crippen LogP contribution is -2.79. The summed E-state index contributed by atoms with van der Waals surface area (Å²) in [6.07, 6.45) is -5.53. The Morgan fingerprint density at radius 2 is 1.16 bits per heavy atom. The normalized spacial score (nSPS) is 45.0. The van der Waals surface area contributed by atoms with E-state index < -0.39 is 79.2 Å². The van der Waals surface area contributed by atoms with Gasteiger partial charge in [0, 0.05) is 25.5 Å². The van der Waals surface area contributed by atoms with E-state index in [-0.39, 0.29) is 11.8 Å². The van der Waals surface area contributed by atoms with Crippen molar-refractivity contribution < 1.29 is 34.5 Å². The summed E-state index contributed by atoms with van der Waals surface area (Å²) in [7, 11) is 7.57. The fourth-order valence-electron chi connectivity index (χ4n) is 10.5. The van der Waals surface area contributed by atoms with E-state index >= 15 is 4.79 Å². The second-order valence-corrected chi connectivity index (χ2v) is 19.5. The summed E-state index contributed by atoms with van der Waals surface area (Å²) < 4.78 is 0. The molecule has 2 aromatic rings. The number of benzene rings is 2. The number of amides is 4. The monoisotopic (exact) mass is 740 g/mol. The lowest BCUT2D eigenvalue weighted by Gasteiger charge is -2.60. The number of piperazine rings is 2. The van der Waals surface area contributed by atoms with E-state index in [4.69, 9.17) is 0 Å². The van der Waals surface area contributed by atoms with E-state index in [1.54, 1.807) is 13.1 Å². The van der Waals surface area contributed by atoms with Crippen LogP contribution in [0.3, 0.4) is 0 Å². The van der Waals surface area contributed by atoms with Gasteiger partial charge in [0.15, 0.2) is 4.87 Å². The molecule has 49 heavy (non-hydrogen) atoms. The van der Waals surface area contributed by atoms with Gasteiger partial charge in [-0.2, -0.15) is 0 Å². The van der Waals surface area contributed by atoms with Crippen molar-refractivity contribution in [2.24, 2.45) is 5.92 Å². The number of nitrogens with one attached hydrogen (secondary N) is 2. The largest absolute Gasteiger partial charge is 0.392 e. The van der Waals surface area contributed by atoms with E-state index in [1.807, 2.05) is 56.3 Å². The summed E-state index contributed by atoms with van der Waals surface area (Å²) in [6.45, 7) is 3.13. The number of aliphatic hydroxyl groups excluding tert-OH is 3. The van der Waals surface area contributed by atoms with E-state index in [9.17, 15) is 29.7 Å². The Bertz CT molecular complexity index is 1980. The van der Waals surface area contributed by atoms with Crippen LogP contribution in [-0.2, 0) is 30.0 Å². The van der Waals surface area contributed by atoms with Crippen LogP contribution in [0.5, 0.6) is 0 Å². The van der Waals surface area contributed by atoms with Gasteiger partial charge in [-0.3, -0.25) is 29.0 Å². The Morgan fingerprint density at radius 1 is 0.694 bits per heavy atom. The zero-order valence-corrected chi connectivity index (χ0v) is 29.9. The summed E-state index contributed by atoms with van der Waals surface area (Å²) in [5, 5.41) is 44.5. The molecule has 0 aromatic heterocycles. The Labute approximate surface area is 296 Å². The Kier molecular flexibility index (Phi) is 5.67. The molecule has 0 saturated carbocycles. The van der Waals surface area contributed by atoms with Crippen LogP contribution < -0.4 is 10.6 Å². The quantitative estimate of drug-likeness (QED) is 0.283. The Hall–Kier alpha value is -2.80. The highest BCUT2D eigenvalue weighted by Gasteiger charge is 2.93. The van der Waals surface area contributed by atoms with Crippen LogP contribution in [0.2, 0.25) is 0 Å². The van der Waals surface area contributed by atoms with E-state index in [2.05, 4.69) is 10.6 Å². The smallest absolute Gasteiger partial charge is 0.265 e. The summed E-state index contributed by atoms with van der Waals surface area (Å²) >= 11 is 0. The number of rotatable bonds is 3. The minimum Gasteiger partial charge on any atom is -0.392 e. The summed E-state index contributed by atoms with van der Waals surface area (Å²) in [6, 6.07) is 14.6. The molecule has 10 aliphatic rings.